The first-order valence-electron chi connectivity index (χ1n) is 9.96. The quantitative estimate of drug-likeness (QED) is 0.766. The number of rotatable bonds is 8. The van der Waals surface area contributed by atoms with Crippen molar-refractivity contribution in [2.24, 2.45) is 5.92 Å². The number of hydrogen-bond acceptors (Lipinski definition) is 5. The smallest absolute Gasteiger partial charge is 0.240 e. The van der Waals surface area contributed by atoms with Crippen LogP contribution in [0.15, 0.2) is 10.6 Å². The van der Waals surface area contributed by atoms with E-state index in [1.165, 1.54) is 38.8 Å². The summed E-state index contributed by atoms with van der Waals surface area (Å²) in [5.74, 6) is 1.16. The van der Waals surface area contributed by atoms with Crippen LogP contribution in [0.1, 0.15) is 59.1 Å². The SMILES string of the molecule is CCCCN(C)CC1CCN(CC(=O)Nc2cc(C(C)(C)C)no2)CC1. The minimum Gasteiger partial charge on any atom is -0.338 e. The van der Waals surface area contributed by atoms with Gasteiger partial charge in [-0.05, 0) is 51.9 Å². The monoisotopic (exact) mass is 364 g/mol. The molecule has 1 aliphatic heterocycles. The van der Waals surface area contributed by atoms with Crippen molar-refractivity contribution in [2.45, 2.75) is 58.8 Å². The fourth-order valence-electron chi connectivity index (χ4n) is 3.35. The second-order valence-corrected chi connectivity index (χ2v) is 8.71. The molecule has 2 rings (SSSR count). The number of nitrogens with zero attached hydrogens (tertiary/aromatic N) is 3. The Balaban J connectivity index is 1.70. The standard InChI is InChI=1S/C20H36N4O2/c1-6-7-10-23(5)14-16-8-11-24(12-9-16)15-18(25)21-19-13-17(22-26-19)20(2,3)4/h13,16H,6-12,14-15H2,1-5H3,(H,21,25). The van der Waals surface area contributed by atoms with Crippen molar-refractivity contribution in [3.8, 4) is 0 Å². The Morgan fingerprint density at radius 1 is 1.38 bits per heavy atom. The van der Waals surface area contributed by atoms with Crippen molar-refractivity contribution < 1.29 is 9.32 Å². The van der Waals surface area contributed by atoms with Gasteiger partial charge in [-0.25, -0.2) is 0 Å². The van der Waals surface area contributed by atoms with Gasteiger partial charge in [-0.15, -0.1) is 0 Å². The largest absolute Gasteiger partial charge is 0.338 e. The Labute approximate surface area is 158 Å². The summed E-state index contributed by atoms with van der Waals surface area (Å²) < 4.78 is 5.24. The summed E-state index contributed by atoms with van der Waals surface area (Å²) >= 11 is 0. The van der Waals surface area contributed by atoms with Crippen LogP contribution in [0.5, 0.6) is 0 Å². The van der Waals surface area contributed by atoms with E-state index in [9.17, 15) is 4.79 Å². The maximum Gasteiger partial charge on any atom is 0.240 e. The molecule has 1 N–H and O–H groups in total. The van der Waals surface area contributed by atoms with Gasteiger partial charge in [0.1, 0.15) is 0 Å². The lowest BCUT2D eigenvalue weighted by atomic mass is 9.92. The molecule has 1 aliphatic rings. The lowest BCUT2D eigenvalue weighted by Gasteiger charge is -2.33. The highest BCUT2D eigenvalue weighted by molar-refractivity contribution is 5.91. The predicted octanol–water partition coefficient (Wildman–Crippen LogP) is 3.35. The Kier molecular flexibility index (Phi) is 7.65. The van der Waals surface area contributed by atoms with Gasteiger partial charge in [0.2, 0.25) is 11.8 Å². The van der Waals surface area contributed by atoms with Gasteiger partial charge in [-0.1, -0.05) is 39.3 Å². The predicted molar refractivity (Wildman–Crippen MR) is 105 cm³/mol. The summed E-state index contributed by atoms with van der Waals surface area (Å²) in [6.45, 7) is 13.2. The summed E-state index contributed by atoms with van der Waals surface area (Å²) in [6, 6.07) is 1.82. The highest BCUT2D eigenvalue weighted by Crippen LogP contribution is 2.23. The molecule has 148 valence electrons. The van der Waals surface area contributed by atoms with Gasteiger partial charge in [0.05, 0.1) is 12.2 Å². The molecule has 0 aliphatic carbocycles. The van der Waals surface area contributed by atoms with Crippen molar-refractivity contribution in [3.63, 3.8) is 0 Å². The third-order valence-electron chi connectivity index (χ3n) is 5.08. The summed E-state index contributed by atoms with van der Waals surface area (Å²) in [6.07, 6.45) is 4.86. The fraction of sp³-hybridized carbons (Fsp3) is 0.800. The zero-order chi connectivity index (χ0) is 19.2. The summed E-state index contributed by atoms with van der Waals surface area (Å²) in [4.78, 5) is 17.0. The van der Waals surface area contributed by atoms with E-state index in [0.29, 0.717) is 12.4 Å². The molecule has 1 saturated heterocycles. The van der Waals surface area contributed by atoms with Crippen LogP contribution >= 0.6 is 0 Å². The van der Waals surface area contributed by atoms with E-state index >= 15 is 0 Å². The van der Waals surface area contributed by atoms with Crippen LogP contribution in [0.4, 0.5) is 5.88 Å². The van der Waals surface area contributed by atoms with Crippen LogP contribution < -0.4 is 5.32 Å². The first kappa shape index (κ1) is 20.9. The number of aromatic nitrogens is 1. The summed E-state index contributed by atoms with van der Waals surface area (Å²) in [5, 5.41) is 6.87. The average molecular weight is 365 g/mol. The van der Waals surface area contributed by atoms with E-state index in [1.54, 1.807) is 0 Å². The van der Waals surface area contributed by atoms with Crippen LogP contribution in [0.2, 0.25) is 0 Å². The molecule has 0 bridgehead atoms. The first-order chi connectivity index (χ1) is 12.3. The number of amides is 1. The number of anilines is 1. The second kappa shape index (κ2) is 9.51. The minimum atomic E-state index is -0.0847. The molecule has 2 heterocycles. The Morgan fingerprint density at radius 2 is 2.08 bits per heavy atom. The van der Waals surface area contributed by atoms with Crippen molar-refractivity contribution in [1.29, 1.82) is 0 Å². The normalized spacial score (nSPS) is 17.0. The Bertz CT molecular complexity index is 556. The third-order valence-corrected chi connectivity index (χ3v) is 5.08. The fourth-order valence-corrected chi connectivity index (χ4v) is 3.35. The second-order valence-electron chi connectivity index (χ2n) is 8.71. The maximum atomic E-state index is 12.3. The molecule has 1 amide bonds. The zero-order valence-corrected chi connectivity index (χ0v) is 17.2. The molecule has 1 fully saturated rings. The number of nitrogens with one attached hydrogen (secondary N) is 1. The molecular formula is C20H36N4O2. The molecule has 1 aromatic rings. The van der Waals surface area contributed by atoms with Crippen molar-refractivity contribution in [1.82, 2.24) is 15.0 Å². The van der Waals surface area contributed by atoms with Crippen molar-refractivity contribution >= 4 is 11.8 Å². The minimum absolute atomic E-state index is 0.0277. The van der Waals surface area contributed by atoms with Crippen LogP contribution in [0.3, 0.4) is 0 Å². The van der Waals surface area contributed by atoms with Crippen LogP contribution in [-0.4, -0.2) is 60.6 Å². The van der Waals surface area contributed by atoms with Crippen LogP contribution in [-0.2, 0) is 10.2 Å². The van der Waals surface area contributed by atoms with Gasteiger partial charge in [-0.2, -0.15) is 0 Å². The summed E-state index contributed by atoms with van der Waals surface area (Å²) in [7, 11) is 2.22. The summed E-state index contributed by atoms with van der Waals surface area (Å²) in [5.41, 5.74) is 0.763. The van der Waals surface area contributed by atoms with Crippen LogP contribution in [0, 0.1) is 5.92 Å². The average Bonchev–Trinajstić information content (AvgIpc) is 3.03. The molecule has 0 atom stereocenters. The molecule has 6 nitrogen and oxygen atoms in total. The molecule has 1 aromatic heterocycles. The molecule has 26 heavy (non-hydrogen) atoms. The molecule has 0 aromatic carbocycles. The maximum absolute atomic E-state index is 12.3. The molecule has 0 radical (unpaired) electrons. The lowest BCUT2D eigenvalue weighted by molar-refractivity contribution is -0.117. The highest BCUT2D eigenvalue weighted by Gasteiger charge is 2.23. The van der Waals surface area contributed by atoms with E-state index in [-0.39, 0.29) is 11.3 Å². The van der Waals surface area contributed by atoms with Crippen molar-refractivity contribution in [2.75, 3.05) is 45.1 Å². The molecule has 0 unspecified atom stereocenters. The van der Waals surface area contributed by atoms with E-state index in [4.69, 9.17) is 4.52 Å². The number of unbranched alkanes of at least 4 members (excludes halogenated alkanes) is 1. The van der Waals surface area contributed by atoms with E-state index in [0.717, 1.165) is 24.7 Å². The molecule has 0 spiro atoms. The van der Waals surface area contributed by atoms with Gasteiger partial charge in [0, 0.05) is 18.0 Å². The van der Waals surface area contributed by atoms with E-state index < -0.39 is 0 Å². The molecule has 0 saturated carbocycles. The number of piperidine rings is 1. The number of likely N-dealkylation sites (tertiary alicyclic amines) is 1. The zero-order valence-electron chi connectivity index (χ0n) is 17.2. The Hall–Kier alpha value is -1.40. The third kappa shape index (κ3) is 6.72. The first-order valence-corrected chi connectivity index (χ1v) is 9.96. The van der Waals surface area contributed by atoms with Gasteiger partial charge >= 0.3 is 0 Å². The van der Waals surface area contributed by atoms with E-state index in [1.807, 2.05) is 6.07 Å². The van der Waals surface area contributed by atoms with Gasteiger partial charge < -0.3 is 9.42 Å². The van der Waals surface area contributed by atoms with E-state index in [2.05, 4.69) is 55.0 Å². The molecule has 6 heteroatoms. The van der Waals surface area contributed by atoms with Crippen LogP contribution in [0.25, 0.3) is 0 Å². The lowest BCUT2D eigenvalue weighted by Crippen LogP contribution is -2.41. The number of hydrogen-bond donors (Lipinski definition) is 1. The topological polar surface area (TPSA) is 61.6 Å². The van der Waals surface area contributed by atoms with Crippen molar-refractivity contribution in [3.05, 3.63) is 11.8 Å². The molecular weight excluding hydrogens is 328 g/mol. The number of carbonyl (C=O) groups is 1. The highest BCUT2D eigenvalue weighted by atomic mass is 16.5. The van der Waals surface area contributed by atoms with Gasteiger partial charge in [-0.3, -0.25) is 15.0 Å². The van der Waals surface area contributed by atoms with Gasteiger partial charge in [0.25, 0.3) is 0 Å². The Morgan fingerprint density at radius 3 is 2.65 bits per heavy atom. The van der Waals surface area contributed by atoms with Gasteiger partial charge in [0.15, 0.2) is 0 Å². The number of carbonyl (C=O) groups excluding carboxylic acids is 1.